The van der Waals surface area contributed by atoms with Crippen molar-refractivity contribution in [2.75, 3.05) is 32.0 Å². The van der Waals surface area contributed by atoms with E-state index in [1.807, 2.05) is 0 Å². The molecular formula is C16H17ClN2O4. The number of halogens is 1. The third kappa shape index (κ3) is 3.98. The van der Waals surface area contributed by atoms with Crippen molar-refractivity contribution in [2.45, 2.75) is 0 Å². The van der Waals surface area contributed by atoms with Crippen molar-refractivity contribution in [2.24, 2.45) is 0 Å². The number of para-hydroxylation sites is 1. The molecule has 0 unspecified atom stereocenters. The Hall–Kier alpha value is -2.60. The molecule has 0 atom stereocenters. The van der Waals surface area contributed by atoms with E-state index in [1.165, 1.54) is 21.3 Å². The first-order chi connectivity index (χ1) is 11.1. The van der Waals surface area contributed by atoms with Gasteiger partial charge in [-0.2, -0.15) is 0 Å². The quantitative estimate of drug-likeness (QED) is 0.865. The second-order valence-electron chi connectivity index (χ2n) is 4.47. The van der Waals surface area contributed by atoms with E-state index in [4.69, 9.17) is 25.8 Å². The third-order valence-corrected chi connectivity index (χ3v) is 3.37. The lowest BCUT2D eigenvalue weighted by Gasteiger charge is -2.14. The summed E-state index contributed by atoms with van der Waals surface area (Å²) in [6, 6.07) is 9.72. The summed E-state index contributed by atoms with van der Waals surface area (Å²) in [6.45, 7) is 0. The average Bonchev–Trinajstić information content (AvgIpc) is 2.55. The lowest BCUT2D eigenvalue weighted by atomic mass is 10.2. The first-order valence-electron chi connectivity index (χ1n) is 6.71. The summed E-state index contributed by atoms with van der Waals surface area (Å²) in [5, 5.41) is 5.79. The number of hydrogen-bond acceptors (Lipinski definition) is 4. The number of ether oxygens (including phenoxy) is 3. The molecule has 0 spiro atoms. The number of rotatable bonds is 5. The number of carbonyl (C=O) groups is 1. The Morgan fingerprint density at radius 3 is 2.04 bits per heavy atom. The average molecular weight is 337 g/mol. The van der Waals surface area contributed by atoms with E-state index in [1.54, 1.807) is 36.4 Å². The van der Waals surface area contributed by atoms with E-state index < -0.39 is 6.03 Å². The molecule has 2 aromatic rings. The van der Waals surface area contributed by atoms with Crippen molar-refractivity contribution < 1.29 is 19.0 Å². The van der Waals surface area contributed by atoms with Crippen molar-refractivity contribution in [3.05, 3.63) is 41.4 Å². The molecule has 0 heterocycles. The van der Waals surface area contributed by atoms with Crippen LogP contribution in [0.3, 0.4) is 0 Å². The van der Waals surface area contributed by atoms with Gasteiger partial charge in [0.2, 0.25) is 0 Å². The fraction of sp³-hybridized carbons (Fsp3) is 0.188. The first-order valence-corrected chi connectivity index (χ1v) is 7.09. The SMILES string of the molecule is COc1ccc(NC(=O)Nc2c(OC)cccc2OC)cc1Cl. The molecule has 0 aromatic heterocycles. The minimum Gasteiger partial charge on any atom is -0.495 e. The van der Waals surface area contributed by atoms with Gasteiger partial charge in [0.25, 0.3) is 0 Å². The van der Waals surface area contributed by atoms with Crippen LogP contribution in [-0.4, -0.2) is 27.4 Å². The van der Waals surface area contributed by atoms with Gasteiger partial charge in [0, 0.05) is 5.69 Å². The lowest BCUT2D eigenvalue weighted by molar-refractivity contribution is 0.262. The summed E-state index contributed by atoms with van der Waals surface area (Å²) in [4.78, 5) is 12.2. The number of hydrogen-bond donors (Lipinski definition) is 2. The van der Waals surface area contributed by atoms with E-state index in [0.717, 1.165) is 0 Å². The highest BCUT2D eigenvalue weighted by Crippen LogP contribution is 2.34. The number of carbonyl (C=O) groups excluding carboxylic acids is 1. The number of urea groups is 1. The van der Waals surface area contributed by atoms with E-state index in [0.29, 0.717) is 33.6 Å². The number of amides is 2. The van der Waals surface area contributed by atoms with Gasteiger partial charge in [-0.05, 0) is 30.3 Å². The molecular weight excluding hydrogens is 320 g/mol. The van der Waals surface area contributed by atoms with Crippen LogP contribution in [0.4, 0.5) is 16.2 Å². The van der Waals surface area contributed by atoms with Crippen molar-refractivity contribution in [3.63, 3.8) is 0 Å². The van der Waals surface area contributed by atoms with Crippen molar-refractivity contribution >= 4 is 29.0 Å². The molecule has 0 saturated heterocycles. The van der Waals surface area contributed by atoms with Crippen LogP contribution in [0, 0.1) is 0 Å². The van der Waals surface area contributed by atoms with Gasteiger partial charge in [-0.15, -0.1) is 0 Å². The normalized spacial score (nSPS) is 9.91. The maximum Gasteiger partial charge on any atom is 0.323 e. The van der Waals surface area contributed by atoms with E-state index in [-0.39, 0.29) is 0 Å². The molecule has 0 aliphatic rings. The Labute approximate surface area is 139 Å². The molecule has 2 N–H and O–H groups in total. The highest BCUT2D eigenvalue weighted by atomic mass is 35.5. The zero-order valence-corrected chi connectivity index (χ0v) is 13.7. The summed E-state index contributed by atoms with van der Waals surface area (Å²) < 4.78 is 15.5. The molecule has 2 amide bonds. The van der Waals surface area contributed by atoms with Crippen LogP contribution in [-0.2, 0) is 0 Å². The van der Waals surface area contributed by atoms with Gasteiger partial charge in [0.1, 0.15) is 22.9 Å². The molecule has 0 fully saturated rings. The van der Waals surface area contributed by atoms with Crippen LogP contribution in [0.25, 0.3) is 0 Å². The largest absolute Gasteiger partial charge is 0.495 e. The minimum absolute atomic E-state index is 0.403. The fourth-order valence-electron chi connectivity index (χ4n) is 1.99. The molecule has 7 heteroatoms. The summed E-state index contributed by atoms with van der Waals surface area (Å²) >= 11 is 6.03. The predicted molar refractivity (Wildman–Crippen MR) is 90.2 cm³/mol. The van der Waals surface area contributed by atoms with Gasteiger partial charge in [-0.25, -0.2) is 4.79 Å². The number of benzene rings is 2. The van der Waals surface area contributed by atoms with E-state index in [9.17, 15) is 4.79 Å². The highest BCUT2D eigenvalue weighted by Gasteiger charge is 2.13. The summed E-state index contributed by atoms with van der Waals surface area (Å²) in [5.41, 5.74) is 0.969. The summed E-state index contributed by atoms with van der Waals surface area (Å²) in [7, 11) is 4.55. The monoisotopic (exact) mass is 336 g/mol. The molecule has 23 heavy (non-hydrogen) atoms. The molecule has 0 aliphatic carbocycles. The molecule has 0 radical (unpaired) electrons. The second kappa shape index (κ2) is 7.60. The molecule has 0 aliphatic heterocycles. The van der Waals surface area contributed by atoms with Gasteiger partial charge < -0.3 is 24.8 Å². The Balaban J connectivity index is 2.15. The maximum atomic E-state index is 12.2. The smallest absolute Gasteiger partial charge is 0.323 e. The zero-order valence-electron chi connectivity index (χ0n) is 13.0. The van der Waals surface area contributed by atoms with Gasteiger partial charge in [0.05, 0.1) is 26.4 Å². The standard InChI is InChI=1S/C16H17ClN2O4/c1-21-12-8-7-10(9-11(12)17)18-16(20)19-15-13(22-2)5-4-6-14(15)23-3/h4-9H,1-3H3,(H2,18,19,20). The predicted octanol–water partition coefficient (Wildman–Crippen LogP) is 4.01. The molecule has 0 saturated carbocycles. The van der Waals surface area contributed by atoms with E-state index >= 15 is 0 Å². The van der Waals surface area contributed by atoms with Crippen molar-refractivity contribution in [3.8, 4) is 17.2 Å². The number of methoxy groups -OCH3 is 3. The summed E-state index contributed by atoms with van der Waals surface area (Å²) in [6.07, 6.45) is 0. The molecule has 2 rings (SSSR count). The fourth-order valence-corrected chi connectivity index (χ4v) is 2.25. The number of anilines is 2. The van der Waals surface area contributed by atoms with Crippen LogP contribution in [0.1, 0.15) is 0 Å². The molecule has 2 aromatic carbocycles. The molecule has 0 bridgehead atoms. The van der Waals surface area contributed by atoms with Crippen LogP contribution in [0.2, 0.25) is 5.02 Å². The van der Waals surface area contributed by atoms with Crippen LogP contribution in [0.15, 0.2) is 36.4 Å². The number of nitrogens with one attached hydrogen (secondary N) is 2. The molecule has 6 nitrogen and oxygen atoms in total. The van der Waals surface area contributed by atoms with E-state index in [2.05, 4.69) is 10.6 Å². The Bertz CT molecular complexity index is 684. The Kier molecular flexibility index (Phi) is 5.54. The second-order valence-corrected chi connectivity index (χ2v) is 4.87. The topological polar surface area (TPSA) is 68.8 Å². The van der Waals surface area contributed by atoms with Crippen LogP contribution < -0.4 is 24.8 Å². The van der Waals surface area contributed by atoms with Gasteiger partial charge in [-0.1, -0.05) is 17.7 Å². The van der Waals surface area contributed by atoms with Crippen LogP contribution in [0.5, 0.6) is 17.2 Å². The maximum absolute atomic E-state index is 12.2. The minimum atomic E-state index is -0.450. The van der Waals surface area contributed by atoms with Crippen molar-refractivity contribution in [1.82, 2.24) is 0 Å². The summed E-state index contributed by atoms with van der Waals surface area (Å²) in [5.74, 6) is 1.52. The lowest BCUT2D eigenvalue weighted by Crippen LogP contribution is -2.20. The first kappa shape index (κ1) is 16.8. The van der Waals surface area contributed by atoms with Gasteiger partial charge in [-0.3, -0.25) is 0 Å². The van der Waals surface area contributed by atoms with Crippen molar-refractivity contribution in [1.29, 1.82) is 0 Å². The molecule has 122 valence electrons. The Morgan fingerprint density at radius 1 is 0.913 bits per heavy atom. The third-order valence-electron chi connectivity index (χ3n) is 3.08. The Morgan fingerprint density at radius 2 is 1.52 bits per heavy atom. The van der Waals surface area contributed by atoms with Gasteiger partial charge in [0.15, 0.2) is 0 Å². The zero-order chi connectivity index (χ0) is 16.8. The van der Waals surface area contributed by atoms with Crippen LogP contribution >= 0.6 is 11.6 Å². The van der Waals surface area contributed by atoms with Gasteiger partial charge >= 0.3 is 6.03 Å². The highest BCUT2D eigenvalue weighted by molar-refractivity contribution is 6.32.